The van der Waals surface area contributed by atoms with Crippen molar-refractivity contribution in [2.75, 3.05) is 5.32 Å². The SMILES string of the molecule is CC(=O)Nc1ccc(OC(C)=O)c(=O)cc1. The minimum Gasteiger partial charge on any atom is -0.423 e. The molecule has 1 N–H and O–H groups in total. The van der Waals surface area contributed by atoms with E-state index in [1.165, 1.54) is 38.1 Å². The summed E-state index contributed by atoms with van der Waals surface area (Å²) in [5.74, 6) is -0.874. The molecule has 0 saturated carbocycles. The highest BCUT2D eigenvalue weighted by Crippen LogP contribution is 2.08. The normalized spacial score (nSPS) is 9.38. The number of rotatable bonds is 2. The lowest BCUT2D eigenvalue weighted by Gasteiger charge is -1.96. The summed E-state index contributed by atoms with van der Waals surface area (Å²) in [5.41, 5.74) is 0.0369. The van der Waals surface area contributed by atoms with E-state index >= 15 is 0 Å². The van der Waals surface area contributed by atoms with Crippen LogP contribution in [0.1, 0.15) is 13.8 Å². The maximum Gasteiger partial charge on any atom is 0.308 e. The summed E-state index contributed by atoms with van der Waals surface area (Å²) in [6.45, 7) is 2.57. The predicted octanol–water partition coefficient (Wildman–Crippen LogP) is 0.930. The summed E-state index contributed by atoms with van der Waals surface area (Å²) < 4.78 is 4.70. The number of hydrogen-bond acceptors (Lipinski definition) is 4. The molecule has 0 bridgehead atoms. The zero-order valence-electron chi connectivity index (χ0n) is 8.94. The first-order valence-electron chi connectivity index (χ1n) is 4.59. The number of amides is 1. The lowest BCUT2D eigenvalue weighted by atomic mass is 10.4. The van der Waals surface area contributed by atoms with Gasteiger partial charge < -0.3 is 10.1 Å². The van der Waals surface area contributed by atoms with Crippen molar-refractivity contribution >= 4 is 17.6 Å². The zero-order chi connectivity index (χ0) is 12.1. The van der Waals surface area contributed by atoms with Gasteiger partial charge in [-0.1, -0.05) is 0 Å². The van der Waals surface area contributed by atoms with Gasteiger partial charge in [0.1, 0.15) is 0 Å². The average Bonchev–Trinajstić information content (AvgIpc) is 2.31. The van der Waals surface area contributed by atoms with E-state index in [0.29, 0.717) is 5.69 Å². The number of esters is 1. The van der Waals surface area contributed by atoms with Gasteiger partial charge >= 0.3 is 5.97 Å². The van der Waals surface area contributed by atoms with E-state index in [1.807, 2.05) is 0 Å². The molecule has 0 spiro atoms. The molecule has 0 atom stereocenters. The fourth-order valence-electron chi connectivity index (χ4n) is 1.08. The largest absolute Gasteiger partial charge is 0.423 e. The van der Waals surface area contributed by atoms with Crippen molar-refractivity contribution in [1.82, 2.24) is 0 Å². The van der Waals surface area contributed by atoms with Crippen molar-refractivity contribution in [1.29, 1.82) is 0 Å². The third-order valence-corrected chi connectivity index (χ3v) is 1.65. The first-order valence-corrected chi connectivity index (χ1v) is 4.59. The molecule has 0 fully saturated rings. The Kier molecular flexibility index (Phi) is 3.77. The Morgan fingerprint density at radius 2 is 1.75 bits per heavy atom. The molecule has 0 aromatic heterocycles. The maximum atomic E-state index is 11.4. The van der Waals surface area contributed by atoms with Gasteiger partial charge in [-0.25, -0.2) is 0 Å². The van der Waals surface area contributed by atoms with Crippen molar-refractivity contribution in [3.05, 3.63) is 34.5 Å². The zero-order valence-corrected chi connectivity index (χ0v) is 8.94. The molecule has 1 aromatic rings. The molecule has 0 aliphatic rings. The van der Waals surface area contributed by atoms with Crippen molar-refractivity contribution in [2.24, 2.45) is 0 Å². The number of nitrogens with one attached hydrogen (secondary N) is 1. The molecule has 0 aliphatic heterocycles. The Morgan fingerprint density at radius 1 is 1.12 bits per heavy atom. The minimum atomic E-state index is -0.565. The van der Waals surface area contributed by atoms with Crippen molar-refractivity contribution in [2.45, 2.75) is 13.8 Å². The molecule has 0 aliphatic carbocycles. The van der Waals surface area contributed by atoms with E-state index in [2.05, 4.69) is 5.32 Å². The Morgan fingerprint density at radius 3 is 2.31 bits per heavy atom. The Bertz CT molecular complexity index is 482. The molecule has 5 heteroatoms. The molecule has 0 saturated heterocycles. The van der Waals surface area contributed by atoms with Crippen molar-refractivity contribution in [3.8, 4) is 5.75 Å². The van der Waals surface area contributed by atoms with Gasteiger partial charge in [-0.05, 0) is 24.3 Å². The summed E-state index contributed by atoms with van der Waals surface area (Å²) in [7, 11) is 0. The van der Waals surface area contributed by atoms with E-state index < -0.39 is 11.4 Å². The lowest BCUT2D eigenvalue weighted by molar-refractivity contribution is -0.132. The third kappa shape index (κ3) is 3.53. The van der Waals surface area contributed by atoms with Gasteiger partial charge in [0.05, 0.1) is 0 Å². The molecular weight excluding hydrogens is 210 g/mol. The van der Waals surface area contributed by atoms with Gasteiger partial charge in [-0.2, -0.15) is 0 Å². The number of hydrogen-bond donors (Lipinski definition) is 1. The summed E-state index contributed by atoms with van der Waals surface area (Å²) in [6.07, 6.45) is 0. The van der Waals surface area contributed by atoms with Gasteiger partial charge in [-0.15, -0.1) is 0 Å². The average molecular weight is 221 g/mol. The first kappa shape index (κ1) is 11.9. The van der Waals surface area contributed by atoms with Gasteiger partial charge in [0.2, 0.25) is 11.3 Å². The smallest absolute Gasteiger partial charge is 0.308 e. The second-order valence-electron chi connectivity index (χ2n) is 3.13. The van der Waals surface area contributed by atoms with Crippen LogP contribution >= 0.6 is 0 Å². The number of carbonyl (C=O) groups excluding carboxylic acids is 2. The third-order valence-electron chi connectivity index (χ3n) is 1.65. The van der Waals surface area contributed by atoms with Gasteiger partial charge in [-0.3, -0.25) is 14.4 Å². The fraction of sp³-hybridized carbons (Fsp3) is 0.182. The molecular formula is C11H11NO4. The van der Waals surface area contributed by atoms with Crippen LogP contribution in [0, 0.1) is 0 Å². The topological polar surface area (TPSA) is 72.5 Å². The minimum absolute atomic E-state index is 0.0656. The van der Waals surface area contributed by atoms with Crippen LogP contribution in [0.5, 0.6) is 5.75 Å². The molecule has 16 heavy (non-hydrogen) atoms. The summed E-state index contributed by atoms with van der Waals surface area (Å²) in [4.78, 5) is 32.9. The molecule has 1 aromatic carbocycles. The molecule has 0 unspecified atom stereocenters. The summed E-state index contributed by atoms with van der Waals surface area (Å²) in [6, 6.07) is 5.50. The first-order chi connectivity index (χ1) is 7.49. The molecule has 0 heterocycles. The monoisotopic (exact) mass is 221 g/mol. The van der Waals surface area contributed by atoms with Crippen molar-refractivity contribution < 1.29 is 14.3 Å². The van der Waals surface area contributed by atoms with Gasteiger partial charge in [0.15, 0.2) is 5.75 Å². The molecule has 5 nitrogen and oxygen atoms in total. The lowest BCUT2D eigenvalue weighted by Crippen LogP contribution is -2.08. The highest BCUT2D eigenvalue weighted by atomic mass is 16.5. The Labute approximate surface area is 92.0 Å². The van der Waals surface area contributed by atoms with Crippen LogP contribution in [0.15, 0.2) is 29.1 Å². The summed E-state index contributed by atoms with van der Waals surface area (Å²) >= 11 is 0. The van der Waals surface area contributed by atoms with E-state index in [1.54, 1.807) is 0 Å². The second kappa shape index (κ2) is 5.06. The quantitative estimate of drug-likeness (QED) is 0.754. The number of carbonyl (C=O) groups is 2. The molecule has 1 amide bonds. The van der Waals surface area contributed by atoms with Crippen LogP contribution in [-0.4, -0.2) is 11.9 Å². The van der Waals surface area contributed by atoms with Crippen LogP contribution < -0.4 is 15.5 Å². The highest BCUT2D eigenvalue weighted by Gasteiger charge is 2.02. The van der Waals surface area contributed by atoms with Gasteiger partial charge in [0.25, 0.3) is 0 Å². The predicted molar refractivity (Wildman–Crippen MR) is 58.3 cm³/mol. The van der Waals surface area contributed by atoms with Crippen LogP contribution in [-0.2, 0) is 9.59 Å². The molecule has 0 radical (unpaired) electrons. The van der Waals surface area contributed by atoms with E-state index in [-0.39, 0.29) is 11.7 Å². The fourth-order valence-corrected chi connectivity index (χ4v) is 1.08. The summed E-state index contributed by atoms with van der Waals surface area (Å²) in [5, 5.41) is 2.51. The maximum absolute atomic E-state index is 11.4. The highest BCUT2D eigenvalue weighted by molar-refractivity contribution is 5.88. The van der Waals surface area contributed by atoms with Crippen LogP contribution in [0.25, 0.3) is 0 Å². The molecule has 1 rings (SSSR count). The van der Waals surface area contributed by atoms with E-state index in [9.17, 15) is 14.4 Å². The van der Waals surface area contributed by atoms with Gasteiger partial charge in [0, 0.05) is 19.5 Å². The van der Waals surface area contributed by atoms with E-state index in [4.69, 9.17) is 4.74 Å². The Balaban J connectivity index is 3.07. The molecule has 84 valence electrons. The van der Waals surface area contributed by atoms with Crippen molar-refractivity contribution in [3.63, 3.8) is 0 Å². The standard InChI is InChI=1S/C11H11NO4/c1-7(13)12-9-3-5-10(15)11(6-4-9)16-8(2)14/h3-6H,1-2H3,(H,12,13). The van der Waals surface area contributed by atoms with Crippen LogP contribution in [0.4, 0.5) is 5.69 Å². The van der Waals surface area contributed by atoms with Crippen LogP contribution in [0.3, 0.4) is 0 Å². The number of anilines is 1. The number of ether oxygens (including phenoxy) is 1. The van der Waals surface area contributed by atoms with E-state index in [0.717, 1.165) is 0 Å². The van der Waals surface area contributed by atoms with Crippen LogP contribution in [0.2, 0.25) is 0 Å². The Hall–Kier alpha value is -2.17. The second-order valence-corrected chi connectivity index (χ2v) is 3.13.